The number of likely N-dealkylation sites (tertiary alicyclic amines) is 1. The number of ether oxygens (including phenoxy) is 2. The number of nitrogens with two attached hydrogens (primary N) is 1. The third-order valence-corrected chi connectivity index (χ3v) is 6.69. The van der Waals surface area contributed by atoms with E-state index in [4.69, 9.17) is 15.2 Å². The normalized spacial score (nSPS) is 18.0. The summed E-state index contributed by atoms with van der Waals surface area (Å²) in [5.74, 6) is -0.379. The SMILES string of the molecule is CC(C)(C)OC(=O)N1CCC[C@H]1c1cc(-c2cnc3[nH]cc(CC(N)=O)c3c2)cc2c1COCC2. The van der Waals surface area contributed by atoms with E-state index in [1.807, 2.05) is 31.9 Å². The molecule has 1 saturated heterocycles. The summed E-state index contributed by atoms with van der Waals surface area (Å²) >= 11 is 0. The largest absolute Gasteiger partial charge is 0.444 e. The number of pyridine rings is 1. The first-order valence-electron chi connectivity index (χ1n) is 12.2. The molecule has 0 radical (unpaired) electrons. The van der Waals surface area contributed by atoms with Gasteiger partial charge >= 0.3 is 6.09 Å². The fourth-order valence-electron chi connectivity index (χ4n) is 5.15. The molecule has 8 heteroatoms. The molecule has 0 saturated carbocycles. The van der Waals surface area contributed by atoms with Gasteiger partial charge in [0.15, 0.2) is 0 Å². The lowest BCUT2D eigenvalue weighted by Crippen LogP contribution is -2.36. The van der Waals surface area contributed by atoms with E-state index in [0.717, 1.165) is 52.5 Å². The Morgan fingerprint density at radius 3 is 2.86 bits per heavy atom. The molecule has 2 aliphatic rings. The number of aromatic amines is 1. The summed E-state index contributed by atoms with van der Waals surface area (Å²) in [7, 11) is 0. The molecule has 3 aromatic rings. The van der Waals surface area contributed by atoms with Gasteiger partial charge in [-0.1, -0.05) is 6.07 Å². The minimum absolute atomic E-state index is 0.0605. The van der Waals surface area contributed by atoms with Gasteiger partial charge in [0.2, 0.25) is 5.91 Å². The summed E-state index contributed by atoms with van der Waals surface area (Å²) in [5.41, 5.74) is 12.0. The van der Waals surface area contributed by atoms with E-state index < -0.39 is 5.60 Å². The van der Waals surface area contributed by atoms with Crippen molar-refractivity contribution in [1.29, 1.82) is 0 Å². The summed E-state index contributed by atoms with van der Waals surface area (Å²) in [5, 5.41) is 0.889. The van der Waals surface area contributed by atoms with E-state index in [1.165, 1.54) is 11.1 Å². The number of aromatic nitrogens is 2. The van der Waals surface area contributed by atoms with Crippen LogP contribution in [0.5, 0.6) is 0 Å². The first kappa shape index (κ1) is 23.4. The molecule has 1 atom stereocenters. The molecule has 3 N–H and O–H groups in total. The van der Waals surface area contributed by atoms with Gasteiger partial charge in [-0.3, -0.25) is 4.79 Å². The molecule has 2 amide bonds. The molecule has 0 aliphatic carbocycles. The van der Waals surface area contributed by atoms with E-state index in [9.17, 15) is 9.59 Å². The molecule has 1 aromatic carbocycles. The quantitative estimate of drug-likeness (QED) is 0.580. The zero-order valence-electron chi connectivity index (χ0n) is 20.5. The highest BCUT2D eigenvalue weighted by Gasteiger charge is 2.35. The Labute approximate surface area is 204 Å². The van der Waals surface area contributed by atoms with Crippen LogP contribution >= 0.6 is 0 Å². The minimum atomic E-state index is -0.547. The van der Waals surface area contributed by atoms with E-state index in [2.05, 4.69) is 28.2 Å². The summed E-state index contributed by atoms with van der Waals surface area (Å²) < 4.78 is 11.5. The number of amides is 2. The molecular weight excluding hydrogens is 444 g/mol. The fourth-order valence-corrected chi connectivity index (χ4v) is 5.15. The monoisotopic (exact) mass is 476 g/mol. The van der Waals surface area contributed by atoms with Crippen molar-refractivity contribution in [2.75, 3.05) is 13.2 Å². The van der Waals surface area contributed by atoms with Crippen LogP contribution in [0, 0.1) is 0 Å². The van der Waals surface area contributed by atoms with Crippen LogP contribution in [0.2, 0.25) is 0 Å². The fraction of sp³-hybridized carbons (Fsp3) is 0.444. The predicted octanol–water partition coefficient (Wildman–Crippen LogP) is 4.40. The van der Waals surface area contributed by atoms with Crippen molar-refractivity contribution < 1.29 is 19.1 Å². The van der Waals surface area contributed by atoms with E-state index in [0.29, 0.717) is 19.8 Å². The molecule has 35 heavy (non-hydrogen) atoms. The third-order valence-electron chi connectivity index (χ3n) is 6.69. The van der Waals surface area contributed by atoms with Crippen LogP contribution in [-0.4, -0.2) is 45.6 Å². The number of benzene rings is 1. The zero-order chi connectivity index (χ0) is 24.7. The number of carbonyl (C=O) groups excluding carboxylic acids is 2. The lowest BCUT2D eigenvalue weighted by atomic mass is 9.88. The van der Waals surface area contributed by atoms with Crippen molar-refractivity contribution in [3.63, 3.8) is 0 Å². The van der Waals surface area contributed by atoms with Crippen molar-refractivity contribution in [2.24, 2.45) is 5.73 Å². The smallest absolute Gasteiger partial charge is 0.410 e. The topological polar surface area (TPSA) is 111 Å². The Kier molecular flexibility index (Phi) is 6.01. The number of fused-ring (bicyclic) bond motifs is 2. The average Bonchev–Trinajstić information content (AvgIpc) is 3.44. The van der Waals surface area contributed by atoms with Crippen molar-refractivity contribution in [3.05, 3.63) is 52.8 Å². The maximum absolute atomic E-state index is 13.0. The first-order valence-corrected chi connectivity index (χ1v) is 12.2. The van der Waals surface area contributed by atoms with Crippen molar-refractivity contribution >= 4 is 23.0 Å². The molecule has 1 fully saturated rings. The number of carbonyl (C=O) groups is 2. The van der Waals surface area contributed by atoms with Crippen LogP contribution in [0.3, 0.4) is 0 Å². The molecule has 0 spiro atoms. The minimum Gasteiger partial charge on any atom is -0.444 e. The molecule has 0 bridgehead atoms. The predicted molar refractivity (Wildman–Crippen MR) is 133 cm³/mol. The van der Waals surface area contributed by atoms with Crippen molar-refractivity contribution in [2.45, 2.75) is 64.7 Å². The Hall–Kier alpha value is -3.39. The summed E-state index contributed by atoms with van der Waals surface area (Å²) in [6.07, 6.45) is 6.15. The summed E-state index contributed by atoms with van der Waals surface area (Å²) in [6.45, 7) is 7.57. The maximum Gasteiger partial charge on any atom is 0.410 e. The van der Waals surface area contributed by atoms with E-state index in [1.54, 1.807) is 6.20 Å². The second-order valence-corrected chi connectivity index (χ2v) is 10.4. The molecule has 8 nitrogen and oxygen atoms in total. The van der Waals surface area contributed by atoms with Gasteiger partial charge in [-0.2, -0.15) is 0 Å². The standard InChI is InChI=1S/C27H32N4O4/c1-27(2,3)35-26(33)31-7-4-5-23(31)21-10-17(9-16-6-8-34-15-22(16)21)18-11-20-19(12-24(28)32)14-30-25(20)29-13-18/h9-11,13-14,23H,4-8,12,15H2,1-3H3,(H2,28,32)(H,29,30)/t23-/m0/s1. The molecule has 4 heterocycles. The highest BCUT2D eigenvalue weighted by atomic mass is 16.6. The second-order valence-electron chi connectivity index (χ2n) is 10.4. The average molecular weight is 477 g/mol. The van der Waals surface area contributed by atoms with E-state index >= 15 is 0 Å². The Morgan fingerprint density at radius 2 is 2.09 bits per heavy atom. The molecule has 2 aromatic heterocycles. The molecular formula is C27H32N4O4. The van der Waals surface area contributed by atoms with Crippen molar-refractivity contribution in [3.8, 4) is 11.1 Å². The van der Waals surface area contributed by atoms with Gasteiger partial charge < -0.3 is 25.1 Å². The Bertz CT molecular complexity index is 1290. The number of hydrogen-bond acceptors (Lipinski definition) is 5. The number of rotatable bonds is 4. The zero-order valence-corrected chi connectivity index (χ0v) is 20.5. The number of primary amides is 1. The highest BCUT2D eigenvalue weighted by molar-refractivity contribution is 5.89. The van der Waals surface area contributed by atoms with Crippen LogP contribution in [0.25, 0.3) is 22.2 Å². The van der Waals surface area contributed by atoms with Crippen LogP contribution in [0.1, 0.15) is 61.9 Å². The van der Waals surface area contributed by atoms with E-state index in [-0.39, 0.29) is 24.5 Å². The number of nitrogens with zero attached hydrogens (tertiary/aromatic N) is 2. The molecule has 2 aliphatic heterocycles. The van der Waals surface area contributed by atoms with Crippen LogP contribution in [0.4, 0.5) is 4.79 Å². The lowest BCUT2D eigenvalue weighted by molar-refractivity contribution is -0.117. The van der Waals surface area contributed by atoms with Gasteiger partial charge in [-0.05, 0) is 80.0 Å². The molecule has 5 rings (SSSR count). The van der Waals surface area contributed by atoms with Gasteiger partial charge in [0.1, 0.15) is 11.2 Å². The molecule has 0 unspecified atom stereocenters. The van der Waals surface area contributed by atoms with Gasteiger partial charge in [-0.15, -0.1) is 0 Å². The maximum atomic E-state index is 13.0. The van der Waals surface area contributed by atoms with Gasteiger partial charge in [-0.25, -0.2) is 9.78 Å². The van der Waals surface area contributed by atoms with Crippen LogP contribution in [0.15, 0.2) is 30.6 Å². The molecule has 184 valence electrons. The highest BCUT2D eigenvalue weighted by Crippen LogP contribution is 2.40. The Balaban J connectivity index is 1.57. The second kappa shape index (κ2) is 9.00. The third kappa shape index (κ3) is 4.75. The van der Waals surface area contributed by atoms with Gasteiger partial charge in [0.25, 0.3) is 0 Å². The number of hydrogen-bond donors (Lipinski definition) is 2. The van der Waals surface area contributed by atoms with Gasteiger partial charge in [0.05, 0.1) is 25.7 Å². The first-order chi connectivity index (χ1) is 16.7. The lowest BCUT2D eigenvalue weighted by Gasteiger charge is -2.31. The number of nitrogens with one attached hydrogen (secondary N) is 1. The Morgan fingerprint density at radius 1 is 1.26 bits per heavy atom. The van der Waals surface area contributed by atoms with Crippen LogP contribution in [-0.2, 0) is 33.7 Å². The van der Waals surface area contributed by atoms with Crippen molar-refractivity contribution in [1.82, 2.24) is 14.9 Å². The summed E-state index contributed by atoms with van der Waals surface area (Å²) in [6, 6.07) is 6.37. The number of H-pyrrole nitrogens is 1. The summed E-state index contributed by atoms with van der Waals surface area (Å²) in [4.78, 5) is 34.1. The van der Waals surface area contributed by atoms with Gasteiger partial charge in [0, 0.05) is 29.9 Å². The van der Waals surface area contributed by atoms with Crippen LogP contribution < -0.4 is 5.73 Å².